The molecule has 0 aliphatic carbocycles. The van der Waals surface area contributed by atoms with Crippen molar-refractivity contribution in [2.45, 2.75) is 39.2 Å². The van der Waals surface area contributed by atoms with Gasteiger partial charge in [-0.25, -0.2) is 0 Å². The maximum Gasteiger partial charge on any atom is 0.225 e. The molecule has 1 unspecified atom stereocenters. The van der Waals surface area contributed by atoms with E-state index in [0.29, 0.717) is 11.7 Å². The molecule has 5 nitrogen and oxygen atoms in total. The van der Waals surface area contributed by atoms with Crippen LogP contribution in [0, 0.1) is 11.3 Å². The van der Waals surface area contributed by atoms with Gasteiger partial charge in [-0.15, -0.1) is 0 Å². The van der Waals surface area contributed by atoms with Crippen molar-refractivity contribution in [2.24, 2.45) is 11.3 Å². The van der Waals surface area contributed by atoms with Gasteiger partial charge >= 0.3 is 0 Å². The molecule has 2 rings (SSSR count). The summed E-state index contributed by atoms with van der Waals surface area (Å²) in [6.45, 7) is 5.66. The quantitative estimate of drug-likeness (QED) is 0.844. The maximum absolute atomic E-state index is 12.3. The molecule has 5 heteroatoms. The van der Waals surface area contributed by atoms with Gasteiger partial charge in [-0.2, -0.15) is 0 Å². The highest BCUT2D eigenvalue weighted by molar-refractivity contribution is 5.81. The van der Waals surface area contributed by atoms with E-state index in [1.165, 1.54) is 6.26 Å². The average molecular weight is 295 g/mol. The lowest BCUT2D eigenvalue weighted by molar-refractivity contribution is -0.131. The van der Waals surface area contributed by atoms with Crippen LogP contribution in [0.15, 0.2) is 22.8 Å². The van der Waals surface area contributed by atoms with Crippen molar-refractivity contribution >= 4 is 5.91 Å². The summed E-state index contributed by atoms with van der Waals surface area (Å²) in [4.78, 5) is 12.3. The molecule has 0 aromatic carbocycles. The molecule has 118 valence electrons. The zero-order valence-electron chi connectivity index (χ0n) is 12.8. The largest absolute Gasteiger partial charge is 0.467 e. The van der Waals surface area contributed by atoms with E-state index in [4.69, 9.17) is 9.15 Å². The number of aliphatic hydroxyl groups is 1. The van der Waals surface area contributed by atoms with Gasteiger partial charge in [0.25, 0.3) is 0 Å². The van der Waals surface area contributed by atoms with E-state index in [1.807, 2.05) is 13.8 Å². The Morgan fingerprint density at radius 1 is 1.48 bits per heavy atom. The number of aliphatic hydroxyl groups excluding tert-OH is 1. The van der Waals surface area contributed by atoms with Gasteiger partial charge in [0.05, 0.1) is 12.8 Å². The Labute approximate surface area is 125 Å². The fourth-order valence-corrected chi connectivity index (χ4v) is 2.78. The van der Waals surface area contributed by atoms with Crippen LogP contribution in [-0.2, 0) is 9.53 Å². The molecule has 1 aliphatic heterocycles. The monoisotopic (exact) mass is 295 g/mol. The lowest BCUT2D eigenvalue weighted by atomic mass is 9.79. The Bertz CT molecular complexity index is 435. The molecule has 1 amide bonds. The first-order chi connectivity index (χ1) is 9.99. The zero-order chi connectivity index (χ0) is 15.3. The standard InChI is InChI=1S/C16H25NO4/c1-16(2,10-12-5-8-20-9-6-12)15(19)17-11-13(18)14-4-3-7-21-14/h3-4,7,12-13,18H,5-6,8-11H2,1-2H3,(H,17,19). The summed E-state index contributed by atoms with van der Waals surface area (Å²) in [6, 6.07) is 3.42. The Morgan fingerprint density at radius 3 is 2.81 bits per heavy atom. The first-order valence-corrected chi connectivity index (χ1v) is 7.56. The minimum Gasteiger partial charge on any atom is -0.467 e. The van der Waals surface area contributed by atoms with Gasteiger partial charge in [0.1, 0.15) is 11.9 Å². The molecular formula is C16H25NO4. The van der Waals surface area contributed by atoms with E-state index in [0.717, 1.165) is 32.5 Å². The summed E-state index contributed by atoms with van der Waals surface area (Å²) < 4.78 is 10.5. The second-order valence-corrected chi connectivity index (χ2v) is 6.38. The topological polar surface area (TPSA) is 71.7 Å². The minimum atomic E-state index is -0.803. The number of furan rings is 1. The van der Waals surface area contributed by atoms with Crippen molar-refractivity contribution in [1.82, 2.24) is 5.32 Å². The molecule has 0 spiro atoms. The molecule has 0 bridgehead atoms. The van der Waals surface area contributed by atoms with Crippen LogP contribution in [0.1, 0.15) is 45.0 Å². The van der Waals surface area contributed by atoms with Crippen LogP contribution in [0.3, 0.4) is 0 Å². The van der Waals surface area contributed by atoms with E-state index in [2.05, 4.69) is 5.32 Å². The first kappa shape index (κ1) is 16.0. The molecule has 2 heterocycles. The van der Waals surface area contributed by atoms with E-state index < -0.39 is 11.5 Å². The summed E-state index contributed by atoms with van der Waals surface area (Å²) in [5.74, 6) is 0.978. The average Bonchev–Trinajstić information content (AvgIpc) is 2.99. The van der Waals surface area contributed by atoms with Crippen molar-refractivity contribution in [3.05, 3.63) is 24.2 Å². The molecule has 1 fully saturated rings. The number of rotatable bonds is 6. The number of nitrogens with one attached hydrogen (secondary N) is 1. The zero-order valence-corrected chi connectivity index (χ0v) is 12.8. The summed E-state index contributed by atoms with van der Waals surface area (Å²) in [7, 11) is 0. The van der Waals surface area contributed by atoms with Crippen LogP contribution in [0.25, 0.3) is 0 Å². The number of amides is 1. The third kappa shape index (κ3) is 4.58. The van der Waals surface area contributed by atoms with Crippen LogP contribution in [0.5, 0.6) is 0 Å². The summed E-state index contributed by atoms with van der Waals surface area (Å²) in [5.41, 5.74) is -0.440. The highest BCUT2D eigenvalue weighted by atomic mass is 16.5. The van der Waals surface area contributed by atoms with Gasteiger partial charge in [0.2, 0.25) is 5.91 Å². The SMILES string of the molecule is CC(C)(CC1CCOCC1)C(=O)NCC(O)c1ccco1. The summed E-state index contributed by atoms with van der Waals surface area (Å²) >= 11 is 0. The minimum absolute atomic E-state index is 0.0282. The Morgan fingerprint density at radius 2 is 2.19 bits per heavy atom. The molecule has 1 atom stereocenters. The molecule has 1 aliphatic rings. The predicted octanol–water partition coefficient (Wildman–Crippen LogP) is 2.27. The number of carbonyl (C=O) groups excluding carboxylic acids is 1. The first-order valence-electron chi connectivity index (χ1n) is 7.56. The van der Waals surface area contributed by atoms with Gasteiger partial charge in [-0.3, -0.25) is 4.79 Å². The fourth-order valence-electron chi connectivity index (χ4n) is 2.78. The third-order valence-electron chi connectivity index (χ3n) is 4.08. The molecular weight excluding hydrogens is 270 g/mol. The van der Waals surface area contributed by atoms with E-state index >= 15 is 0 Å². The smallest absolute Gasteiger partial charge is 0.225 e. The Balaban J connectivity index is 1.80. The lowest BCUT2D eigenvalue weighted by Crippen LogP contribution is -2.40. The molecule has 1 saturated heterocycles. The fraction of sp³-hybridized carbons (Fsp3) is 0.688. The van der Waals surface area contributed by atoms with Crippen molar-refractivity contribution in [3.8, 4) is 0 Å². The van der Waals surface area contributed by atoms with Crippen molar-refractivity contribution in [3.63, 3.8) is 0 Å². The second kappa shape index (κ2) is 7.09. The van der Waals surface area contributed by atoms with Gasteiger partial charge in [0.15, 0.2) is 0 Å². The van der Waals surface area contributed by atoms with Crippen LogP contribution in [0.2, 0.25) is 0 Å². The lowest BCUT2D eigenvalue weighted by Gasteiger charge is -2.31. The molecule has 21 heavy (non-hydrogen) atoms. The van der Waals surface area contributed by atoms with E-state index in [9.17, 15) is 9.90 Å². The normalized spacial score (nSPS) is 18.4. The Hall–Kier alpha value is -1.33. The highest BCUT2D eigenvalue weighted by Gasteiger charge is 2.31. The molecule has 0 radical (unpaired) electrons. The molecule has 1 aromatic rings. The van der Waals surface area contributed by atoms with Crippen LogP contribution in [-0.4, -0.2) is 30.8 Å². The van der Waals surface area contributed by atoms with E-state index in [-0.39, 0.29) is 12.5 Å². The van der Waals surface area contributed by atoms with Crippen LogP contribution < -0.4 is 5.32 Å². The highest BCUT2D eigenvalue weighted by Crippen LogP contribution is 2.31. The molecule has 0 saturated carbocycles. The Kier molecular flexibility index (Phi) is 5.42. The number of carbonyl (C=O) groups is 1. The van der Waals surface area contributed by atoms with Gasteiger partial charge in [-0.1, -0.05) is 13.8 Å². The number of hydrogen-bond donors (Lipinski definition) is 2. The molecule has 1 aromatic heterocycles. The summed E-state index contributed by atoms with van der Waals surface area (Å²) in [6.07, 6.45) is 3.59. The van der Waals surface area contributed by atoms with Crippen molar-refractivity contribution in [2.75, 3.05) is 19.8 Å². The maximum atomic E-state index is 12.3. The number of ether oxygens (including phenoxy) is 1. The van der Waals surface area contributed by atoms with Gasteiger partial charge in [-0.05, 0) is 37.3 Å². The molecule has 2 N–H and O–H groups in total. The van der Waals surface area contributed by atoms with Crippen LogP contribution >= 0.6 is 0 Å². The van der Waals surface area contributed by atoms with Crippen molar-refractivity contribution < 1.29 is 19.1 Å². The van der Waals surface area contributed by atoms with Gasteiger partial charge in [0, 0.05) is 18.6 Å². The predicted molar refractivity (Wildman–Crippen MR) is 78.6 cm³/mol. The second-order valence-electron chi connectivity index (χ2n) is 6.38. The number of hydrogen-bond acceptors (Lipinski definition) is 4. The van der Waals surface area contributed by atoms with Gasteiger partial charge < -0.3 is 19.6 Å². The van der Waals surface area contributed by atoms with Crippen LogP contribution in [0.4, 0.5) is 0 Å². The van der Waals surface area contributed by atoms with E-state index in [1.54, 1.807) is 12.1 Å². The van der Waals surface area contributed by atoms with Crippen molar-refractivity contribution in [1.29, 1.82) is 0 Å². The summed E-state index contributed by atoms with van der Waals surface area (Å²) in [5, 5.41) is 12.7. The third-order valence-corrected chi connectivity index (χ3v) is 4.08.